The number of aliphatic hydroxyl groups excluding tert-OH is 1. The van der Waals surface area contributed by atoms with Crippen LogP contribution in [0.15, 0.2) is 24.1 Å². The number of hydrogen-bond acceptors (Lipinski definition) is 4. The van der Waals surface area contributed by atoms with Gasteiger partial charge in [-0.3, -0.25) is 9.69 Å². The van der Waals surface area contributed by atoms with Crippen LogP contribution in [0, 0.1) is 0 Å². The van der Waals surface area contributed by atoms with Crippen LogP contribution in [0.25, 0.3) is 0 Å². The number of amides is 1. The molecule has 1 rings (SSSR count). The fraction of sp³-hybridized carbons (Fsp3) is 0.364. The lowest BCUT2D eigenvalue weighted by molar-refractivity contribution is 0.100. The third kappa shape index (κ3) is 3.77. The summed E-state index contributed by atoms with van der Waals surface area (Å²) in [4.78, 5) is 14.0. The summed E-state index contributed by atoms with van der Waals surface area (Å²) in [6.07, 6.45) is 1.79. The van der Waals surface area contributed by atoms with Crippen molar-refractivity contribution in [3.63, 3.8) is 0 Å². The molecule has 0 fully saturated rings. The number of carbonyl (C=O) groups is 1. The van der Waals surface area contributed by atoms with Crippen LogP contribution in [0.3, 0.4) is 0 Å². The second-order valence-electron chi connectivity index (χ2n) is 3.41. The van der Waals surface area contributed by atoms with Gasteiger partial charge in [0.15, 0.2) is 0 Å². The highest BCUT2D eigenvalue weighted by Crippen LogP contribution is 2.16. The van der Waals surface area contributed by atoms with Gasteiger partial charge in [-0.2, -0.15) is 0 Å². The van der Waals surface area contributed by atoms with Gasteiger partial charge in [-0.25, -0.2) is 0 Å². The van der Waals surface area contributed by atoms with Crippen LogP contribution in [0.4, 0.5) is 0 Å². The van der Waals surface area contributed by atoms with E-state index in [-0.39, 0.29) is 6.61 Å². The number of thiophene rings is 1. The molecule has 0 spiro atoms. The molecule has 0 unspecified atom stereocenters. The molecule has 5 heteroatoms. The highest BCUT2D eigenvalue weighted by molar-refractivity contribution is 7.10. The van der Waals surface area contributed by atoms with Crippen LogP contribution in [-0.4, -0.2) is 35.6 Å². The van der Waals surface area contributed by atoms with Gasteiger partial charge >= 0.3 is 0 Å². The van der Waals surface area contributed by atoms with Crippen LogP contribution >= 0.6 is 11.3 Å². The monoisotopic (exact) mass is 240 g/mol. The van der Waals surface area contributed by atoms with Gasteiger partial charge in [0.2, 0.25) is 5.91 Å². The van der Waals surface area contributed by atoms with Gasteiger partial charge in [-0.05, 0) is 6.07 Å². The molecule has 3 N–H and O–H groups in total. The molecule has 0 bridgehead atoms. The minimum Gasteiger partial charge on any atom is -0.395 e. The minimum atomic E-state index is -0.403. The van der Waals surface area contributed by atoms with E-state index in [1.807, 2.05) is 4.90 Å². The van der Waals surface area contributed by atoms with Crippen LogP contribution in [0.5, 0.6) is 0 Å². The summed E-state index contributed by atoms with van der Waals surface area (Å²) in [7, 11) is 0. The summed E-state index contributed by atoms with van der Waals surface area (Å²) in [5, 5.41) is 10.6. The number of nitrogens with zero attached hydrogens (tertiary/aromatic N) is 1. The Morgan fingerprint density at radius 2 is 2.44 bits per heavy atom. The molecule has 0 aliphatic rings. The first-order valence-electron chi connectivity index (χ1n) is 4.98. The predicted octanol–water partition coefficient (Wildman–Crippen LogP) is 0.827. The quantitative estimate of drug-likeness (QED) is 0.694. The van der Waals surface area contributed by atoms with Gasteiger partial charge < -0.3 is 10.8 Å². The molecule has 88 valence electrons. The Hall–Kier alpha value is -1.17. The number of carbonyl (C=O) groups excluding carboxylic acids is 1. The number of nitrogens with two attached hydrogens (primary N) is 1. The topological polar surface area (TPSA) is 66.6 Å². The zero-order valence-corrected chi connectivity index (χ0v) is 9.87. The molecule has 0 saturated heterocycles. The lowest BCUT2D eigenvalue weighted by atomic mass is 10.3. The van der Waals surface area contributed by atoms with E-state index in [0.717, 1.165) is 4.88 Å². The Morgan fingerprint density at radius 3 is 2.94 bits per heavy atom. The van der Waals surface area contributed by atoms with E-state index in [2.05, 4.69) is 6.58 Å². The molecule has 1 aromatic rings. The molecule has 0 aliphatic carbocycles. The van der Waals surface area contributed by atoms with Crippen LogP contribution < -0.4 is 5.73 Å². The zero-order valence-electron chi connectivity index (χ0n) is 9.06. The standard InChI is InChI=1S/C11H16N2O2S/c1-2-3-13(4-5-14)7-10-6-9(8-16-10)11(12)15/h2,6,8,14H,1,3-5,7H2,(H2,12,15). The number of rotatable bonds is 7. The second kappa shape index (κ2) is 6.42. The zero-order chi connectivity index (χ0) is 12.0. The Kier molecular flexibility index (Phi) is 5.18. The van der Waals surface area contributed by atoms with Crippen molar-refractivity contribution >= 4 is 17.2 Å². The lowest BCUT2D eigenvalue weighted by Gasteiger charge is -2.18. The smallest absolute Gasteiger partial charge is 0.249 e. The molecule has 1 heterocycles. The van der Waals surface area contributed by atoms with Crippen molar-refractivity contribution in [3.05, 3.63) is 34.5 Å². The van der Waals surface area contributed by atoms with Crippen molar-refractivity contribution in [3.8, 4) is 0 Å². The fourth-order valence-corrected chi connectivity index (χ4v) is 2.29. The van der Waals surface area contributed by atoms with Gasteiger partial charge in [0.25, 0.3) is 0 Å². The molecule has 0 saturated carbocycles. The summed E-state index contributed by atoms with van der Waals surface area (Å²) >= 11 is 1.50. The highest BCUT2D eigenvalue weighted by atomic mass is 32.1. The summed E-state index contributed by atoms with van der Waals surface area (Å²) in [5.41, 5.74) is 5.72. The lowest BCUT2D eigenvalue weighted by Crippen LogP contribution is -2.26. The third-order valence-electron chi connectivity index (χ3n) is 2.12. The maximum absolute atomic E-state index is 10.9. The van der Waals surface area contributed by atoms with Gasteiger partial charge in [-0.15, -0.1) is 17.9 Å². The maximum atomic E-state index is 10.9. The van der Waals surface area contributed by atoms with Crippen LogP contribution in [-0.2, 0) is 6.54 Å². The van der Waals surface area contributed by atoms with E-state index in [0.29, 0.717) is 25.2 Å². The summed E-state index contributed by atoms with van der Waals surface area (Å²) in [5.74, 6) is -0.403. The minimum absolute atomic E-state index is 0.113. The van der Waals surface area contributed by atoms with Crippen LogP contribution in [0.2, 0.25) is 0 Å². The molecule has 0 radical (unpaired) electrons. The summed E-state index contributed by atoms with van der Waals surface area (Å²) < 4.78 is 0. The second-order valence-corrected chi connectivity index (χ2v) is 4.41. The summed E-state index contributed by atoms with van der Waals surface area (Å²) in [6, 6.07) is 1.79. The first-order valence-corrected chi connectivity index (χ1v) is 5.86. The summed E-state index contributed by atoms with van der Waals surface area (Å²) in [6.45, 7) is 5.78. The molecule has 0 atom stereocenters. The molecule has 16 heavy (non-hydrogen) atoms. The van der Waals surface area contributed by atoms with E-state index in [4.69, 9.17) is 10.8 Å². The molecular weight excluding hydrogens is 224 g/mol. The van der Waals surface area contributed by atoms with Gasteiger partial charge in [-0.1, -0.05) is 6.08 Å². The van der Waals surface area contributed by atoms with E-state index >= 15 is 0 Å². The third-order valence-corrected chi connectivity index (χ3v) is 3.04. The van der Waals surface area contributed by atoms with E-state index in [1.54, 1.807) is 17.5 Å². The van der Waals surface area contributed by atoms with E-state index in [9.17, 15) is 4.79 Å². The van der Waals surface area contributed by atoms with Crippen LogP contribution in [0.1, 0.15) is 15.2 Å². The Labute approximate surface area is 99.0 Å². The van der Waals surface area contributed by atoms with Crippen molar-refractivity contribution in [2.45, 2.75) is 6.54 Å². The first-order chi connectivity index (χ1) is 7.67. The number of primary amides is 1. The Morgan fingerprint density at radius 1 is 1.69 bits per heavy atom. The molecule has 1 aromatic heterocycles. The van der Waals surface area contributed by atoms with Crippen molar-refractivity contribution in [2.24, 2.45) is 5.73 Å². The van der Waals surface area contributed by atoms with E-state index in [1.165, 1.54) is 11.3 Å². The van der Waals surface area contributed by atoms with Gasteiger partial charge in [0.1, 0.15) is 0 Å². The molecule has 4 nitrogen and oxygen atoms in total. The number of aliphatic hydroxyl groups is 1. The van der Waals surface area contributed by atoms with Gasteiger partial charge in [0.05, 0.1) is 12.2 Å². The predicted molar refractivity (Wildman–Crippen MR) is 65.4 cm³/mol. The molecule has 0 aliphatic heterocycles. The number of hydrogen-bond donors (Lipinski definition) is 2. The molecular formula is C11H16N2O2S. The normalized spacial score (nSPS) is 10.6. The first kappa shape index (κ1) is 12.9. The van der Waals surface area contributed by atoms with Crippen molar-refractivity contribution in [2.75, 3.05) is 19.7 Å². The SMILES string of the molecule is C=CCN(CCO)Cc1cc(C(N)=O)cs1. The Bertz CT molecular complexity index is 363. The van der Waals surface area contributed by atoms with Gasteiger partial charge in [0, 0.05) is 29.9 Å². The van der Waals surface area contributed by atoms with Crippen molar-refractivity contribution < 1.29 is 9.90 Å². The van der Waals surface area contributed by atoms with E-state index < -0.39 is 5.91 Å². The Balaban J connectivity index is 2.61. The fourth-order valence-electron chi connectivity index (χ4n) is 1.37. The average molecular weight is 240 g/mol. The molecule has 0 aromatic carbocycles. The molecule has 1 amide bonds. The van der Waals surface area contributed by atoms with Crippen molar-refractivity contribution in [1.82, 2.24) is 4.90 Å². The maximum Gasteiger partial charge on any atom is 0.249 e. The van der Waals surface area contributed by atoms with Crippen molar-refractivity contribution in [1.29, 1.82) is 0 Å². The average Bonchev–Trinajstić information content (AvgIpc) is 2.67. The highest BCUT2D eigenvalue weighted by Gasteiger charge is 2.08. The largest absolute Gasteiger partial charge is 0.395 e.